The number of ether oxygens (including phenoxy) is 2. The van der Waals surface area contributed by atoms with Gasteiger partial charge in [-0.3, -0.25) is 0 Å². The summed E-state index contributed by atoms with van der Waals surface area (Å²) in [5.41, 5.74) is 1.62. The van der Waals surface area contributed by atoms with Gasteiger partial charge in [-0.05, 0) is 20.8 Å². The Morgan fingerprint density at radius 3 is 2.09 bits per heavy atom. The molecule has 0 heterocycles. The summed E-state index contributed by atoms with van der Waals surface area (Å²) in [6.45, 7) is 11.1. The van der Waals surface area contributed by atoms with Crippen LogP contribution >= 0.6 is 0 Å². The van der Waals surface area contributed by atoms with E-state index in [2.05, 4.69) is 6.58 Å². The van der Waals surface area contributed by atoms with E-state index >= 15 is 0 Å². The molecule has 66 valence electrons. The molecule has 0 aliphatic heterocycles. The van der Waals surface area contributed by atoms with Gasteiger partial charge in [0.1, 0.15) is 14.9 Å². The Morgan fingerprint density at radius 1 is 1.36 bits per heavy atom. The maximum absolute atomic E-state index is 5.48. The monoisotopic (exact) mass is 174 g/mol. The summed E-state index contributed by atoms with van der Waals surface area (Å²) < 4.78 is 11.0. The smallest absolute Gasteiger partial charge is 0.146 e. The lowest BCUT2D eigenvalue weighted by Crippen LogP contribution is -2.38. The maximum atomic E-state index is 5.48. The van der Waals surface area contributed by atoms with E-state index in [9.17, 15) is 0 Å². The van der Waals surface area contributed by atoms with Crippen LogP contribution in [0.1, 0.15) is 20.8 Å². The molecule has 0 aliphatic carbocycles. The topological polar surface area (TPSA) is 18.5 Å². The Kier molecular flexibility index (Phi) is 5.46. The van der Waals surface area contributed by atoms with Crippen LogP contribution in [0.25, 0.3) is 0 Å². The second-order valence-corrected chi connectivity index (χ2v) is 4.76. The summed E-state index contributed by atoms with van der Waals surface area (Å²) in [4.78, 5) is 0. The van der Waals surface area contributed by atoms with Gasteiger partial charge in [-0.1, -0.05) is 0 Å². The summed E-state index contributed by atoms with van der Waals surface area (Å²) in [5, 5.41) is 0. The van der Waals surface area contributed by atoms with Gasteiger partial charge >= 0.3 is 0 Å². The normalized spacial score (nSPS) is 12.6. The average molecular weight is 174 g/mol. The van der Waals surface area contributed by atoms with Gasteiger partial charge in [-0.15, -0.1) is 12.3 Å². The summed E-state index contributed by atoms with van der Waals surface area (Å²) in [6, 6.07) is 0. The van der Waals surface area contributed by atoms with Crippen LogP contribution in [-0.2, 0) is 9.47 Å². The van der Waals surface area contributed by atoms with Crippen molar-refractivity contribution >= 4 is 9.52 Å². The van der Waals surface area contributed by atoms with Gasteiger partial charge in [0.15, 0.2) is 0 Å². The van der Waals surface area contributed by atoms with Crippen LogP contribution < -0.4 is 0 Å². The minimum absolute atomic E-state index is 0.328. The third-order valence-electron chi connectivity index (χ3n) is 1.41. The van der Waals surface area contributed by atoms with Gasteiger partial charge in [0.2, 0.25) is 0 Å². The fraction of sp³-hybridized carbons (Fsp3) is 0.750. The third-order valence-corrected chi connectivity index (χ3v) is 2.85. The van der Waals surface area contributed by atoms with Gasteiger partial charge in [0.25, 0.3) is 0 Å². The molecule has 0 aromatic carbocycles. The number of rotatable bonds is 6. The second-order valence-electron chi connectivity index (χ2n) is 2.49. The second kappa shape index (κ2) is 5.52. The van der Waals surface area contributed by atoms with Crippen molar-refractivity contribution in [2.24, 2.45) is 0 Å². The fourth-order valence-electron chi connectivity index (χ4n) is 1.03. The van der Waals surface area contributed by atoms with E-state index in [0.717, 1.165) is 0 Å². The predicted octanol–water partition coefficient (Wildman–Crippen LogP) is 1.05. The summed E-state index contributed by atoms with van der Waals surface area (Å²) in [5.74, 6) is 0. The molecule has 0 aromatic rings. The Hall–Kier alpha value is -0.123. The van der Waals surface area contributed by atoms with E-state index in [4.69, 9.17) is 9.47 Å². The van der Waals surface area contributed by atoms with Crippen molar-refractivity contribution < 1.29 is 9.47 Å². The van der Waals surface area contributed by atoms with Crippen molar-refractivity contribution in [2.45, 2.75) is 26.2 Å². The van der Waals surface area contributed by atoms with Crippen LogP contribution in [0.4, 0.5) is 0 Å². The van der Waals surface area contributed by atoms with Crippen LogP contribution in [0, 0.1) is 0 Å². The van der Waals surface area contributed by atoms with Crippen LogP contribution in [0.15, 0.2) is 12.3 Å². The summed E-state index contributed by atoms with van der Waals surface area (Å²) in [6.07, 6.45) is 0. The molecular formula is C8H18O2Si. The minimum Gasteiger partial charge on any atom is -0.355 e. The standard InChI is InChI=1S/C8H18O2Si/c1-5-9-8(4,10-6-2)11-7-3/h7H,3,5-6,11H2,1-2,4H3. The van der Waals surface area contributed by atoms with E-state index in [-0.39, 0.29) is 5.41 Å². The molecule has 0 spiro atoms. The number of hydrogen-bond acceptors (Lipinski definition) is 2. The highest BCUT2D eigenvalue weighted by molar-refractivity contribution is 6.44. The van der Waals surface area contributed by atoms with E-state index in [1.807, 2.05) is 26.5 Å². The predicted molar refractivity (Wildman–Crippen MR) is 50.4 cm³/mol. The lowest BCUT2D eigenvalue weighted by molar-refractivity contribution is -0.162. The molecule has 0 rings (SSSR count). The highest BCUT2D eigenvalue weighted by Crippen LogP contribution is 2.10. The van der Waals surface area contributed by atoms with E-state index in [1.54, 1.807) is 0 Å². The lowest BCUT2D eigenvalue weighted by Gasteiger charge is -2.27. The molecule has 0 aliphatic rings. The first-order valence-electron chi connectivity index (χ1n) is 4.07. The molecule has 0 unspecified atom stereocenters. The largest absolute Gasteiger partial charge is 0.355 e. The molecule has 0 fully saturated rings. The molecule has 11 heavy (non-hydrogen) atoms. The zero-order valence-corrected chi connectivity index (χ0v) is 9.14. The quantitative estimate of drug-likeness (QED) is 0.442. The first kappa shape index (κ1) is 10.9. The van der Waals surface area contributed by atoms with Crippen molar-refractivity contribution in [3.05, 3.63) is 12.3 Å². The molecule has 0 saturated heterocycles. The first-order valence-corrected chi connectivity index (χ1v) is 5.59. The van der Waals surface area contributed by atoms with Crippen molar-refractivity contribution in [3.63, 3.8) is 0 Å². The molecule has 0 radical (unpaired) electrons. The van der Waals surface area contributed by atoms with Crippen LogP contribution in [-0.4, -0.2) is 28.1 Å². The lowest BCUT2D eigenvalue weighted by atomic mass is 10.7. The van der Waals surface area contributed by atoms with E-state index < -0.39 is 9.52 Å². The highest BCUT2D eigenvalue weighted by atomic mass is 28.2. The van der Waals surface area contributed by atoms with E-state index in [0.29, 0.717) is 13.2 Å². The van der Waals surface area contributed by atoms with Gasteiger partial charge in [-0.2, -0.15) is 0 Å². The van der Waals surface area contributed by atoms with Crippen molar-refractivity contribution in [2.75, 3.05) is 13.2 Å². The zero-order valence-electron chi connectivity index (χ0n) is 7.72. The number of hydrogen-bond donors (Lipinski definition) is 0. The highest BCUT2D eigenvalue weighted by Gasteiger charge is 2.22. The molecule has 0 atom stereocenters. The molecule has 0 amide bonds. The Labute approximate surface area is 71.4 Å². The summed E-state index contributed by atoms with van der Waals surface area (Å²) >= 11 is 0. The van der Waals surface area contributed by atoms with Gasteiger partial charge < -0.3 is 9.47 Å². The maximum Gasteiger partial charge on any atom is 0.146 e. The third kappa shape index (κ3) is 4.34. The summed E-state index contributed by atoms with van der Waals surface area (Å²) in [7, 11) is -0.463. The molecule has 3 heteroatoms. The average Bonchev–Trinajstić information content (AvgIpc) is 1.88. The SMILES string of the molecule is C=C[SiH2]C(C)(OCC)OCC. The minimum atomic E-state index is -0.463. The zero-order chi connectivity index (χ0) is 8.74. The van der Waals surface area contributed by atoms with Crippen molar-refractivity contribution in [1.82, 2.24) is 0 Å². The Bertz CT molecular complexity index is 109. The van der Waals surface area contributed by atoms with Crippen LogP contribution in [0.2, 0.25) is 0 Å². The van der Waals surface area contributed by atoms with Gasteiger partial charge in [0.05, 0.1) is 0 Å². The molecule has 0 bridgehead atoms. The fourth-order valence-corrected chi connectivity index (χ4v) is 2.20. The van der Waals surface area contributed by atoms with Crippen LogP contribution in [0.5, 0.6) is 0 Å². The molecule has 0 aromatic heterocycles. The Balaban J connectivity index is 3.88. The van der Waals surface area contributed by atoms with E-state index in [1.165, 1.54) is 0 Å². The van der Waals surface area contributed by atoms with Gasteiger partial charge in [-0.25, -0.2) is 0 Å². The molecule has 2 nitrogen and oxygen atoms in total. The first-order chi connectivity index (χ1) is 5.18. The van der Waals surface area contributed by atoms with Gasteiger partial charge in [0, 0.05) is 13.2 Å². The van der Waals surface area contributed by atoms with Crippen molar-refractivity contribution in [3.8, 4) is 0 Å². The molecule has 0 saturated carbocycles. The van der Waals surface area contributed by atoms with Crippen molar-refractivity contribution in [1.29, 1.82) is 0 Å². The molecular weight excluding hydrogens is 156 g/mol. The van der Waals surface area contributed by atoms with Crippen LogP contribution in [0.3, 0.4) is 0 Å². The Morgan fingerprint density at radius 2 is 1.82 bits per heavy atom. The molecule has 0 N–H and O–H groups in total.